The number of carbonyl (C=O) groups excluding carboxylic acids is 2. The van der Waals surface area contributed by atoms with Crippen LogP contribution in [0.25, 0.3) is 0 Å². The minimum Gasteiger partial charge on any atom is -0.339 e. The highest BCUT2D eigenvalue weighted by Crippen LogP contribution is 2.31. The number of piperazine rings is 1. The number of nitrogens with zero attached hydrogens (tertiary/aromatic N) is 3. The van der Waals surface area contributed by atoms with Gasteiger partial charge in [0.2, 0.25) is 5.91 Å². The zero-order chi connectivity index (χ0) is 21.3. The molecule has 2 aromatic carbocycles. The highest BCUT2D eigenvalue weighted by atomic mass is 32.2. The summed E-state index contributed by atoms with van der Waals surface area (Å²) in [6, 6.07) is 13.7. The molecule has 0 aromatic heterocycles. The zero-order valence-electron chi connectivity index (χ0n) is 17.0. The Bertz CT molecular complexity index is 1060. The molecule has 2 aliphatic rings. The molecule has 0 saturated carbocycles. The second kappa shape index (κ2) is 8.10. The third kappa shape index (κ3) is 3.79. The van der Waals surface area contributed by atoms with Gasteiger partial charge in [0.15, 0.2) is 0 Å². The van der Waals surface area contributed by atoms with E-state index in [0.29, 0.717) is 38.3 Å². The third-order valence-electron chi connectivity index (χ3n) is 5.77. The monoisotopic (exact) mass is 427 g/mol. The first kappa shape index (κ1) is 20.4. The number of anilines is 1. The summed E-state index contributed by atoms with van der Waals surface area (Å²) < 4.78 is 27.9. The van der Waals surface area contributed by atoms with Gasteiger partial charge in [0.1, 0.15) is 0 Å². The first-order valence-corrected chi connectivity index (χ1v) is 11.6. The second-order valence-electron chi connectivity index (χ2n) is 7.63. The van der Waals surface area contributed by atoms with Crippen molar-refractivity contribution in [1.29, 1.82) is 0 Å². The number of hydrogen-bond acceptors (Lipinski definition) is 4. The minimum atomic E-state index is -3.70. The number of aryl methyl sites for hydroxylation is 1. The lowest BCUT2D eigenvalue weighted by Crippen LogP contribution is -2.50. The van der Waals surface area contributed by atoms with E-state index in [1.54, 1.807) is 21.9 Å². The molecule has 0 aliphatic carbocycles. The molecule has 0 radical (unpaired) electrons. The molecule has 30 heavy (non-hydrogen) atoms. The van der Waals surface area contributed by atoms with Gasteiger partial charge in [-0.05, 0) is 48.7 Å². The van der Waals surface area contributed by atoms with E-state index in [0.717, 1.165) is 24.1 Å². The molecule has 2 heterocycles. The first-order valence-electron chi connectivity index (χ1n) is 10.1. The van der Waals surface area contributed by atoms with Crippen LogP contribution in [0.15, 0.2) is 53.4 Å². The molecule has 2 aliphatic heterocycles. The quantitative estimate of drug-likeness (QED) is 0.752. The highest BCUT2D eigenvalue weighted by Gasteiger charge is 2.29. The van der Waals surface area contributed by atoms with Gasteiger partial charge in [-0.15, -0.1) is 0 Å². The Morgan fingerprint density at radius 3 is 2.13 bits per heavy atom. The number of sulfonamides is 1. The predicted molar refractivity (Wildman–Crippen MR) is 114 cm³/mol. The fraction of sp³-hybridized carbons (Fsp3) is 0.364. The molecule has 2 amide bonds. The Hall–Kier alpha value is -2.87. The molecule has 0 N–H and O–H groups in total. The minimum absolute atomic E-state index is 0.0101. The van der Waals surface area contributed by atoms with Gasteiger partial charge >= 0.3 is 0 Å². The Morgan fingerprint density at radius 1 is 0.833 bits per heavy atom. The standard InChI is InChI=1S/C22H25N3O4S/c1-17(26)23-13-15-24(16-14-23)22(27)19-8-10-20(11-9-19)30(28,29)25-12-4-6-18-5-2-3-7-21(18)25/h2-3,5,7-11H,4,6,12-16H2,1H3. The van der Waals surface area contributed by atoms with Crippen molar-refractivity contribution in [3.8, 4) is 0 Å². The number of hydrogen-bond donors (Lipinski definition) is 0. The largest absolute Gasteiger partial charge is 0.339 e. The van der Waals surface area contributed by atoms with Crippen LogP contribution < -0.4 is 4.31 Å². The Labute approximate surface area is 176 Å². The molecule has 0 bridgehead atoms. The average Bonchev–Trinajstić information content (AvgIpc) is 2.78. The Balaban J connectivity index is 1.51. The second-order valence-corrected chi connectivity index (χ2v) is 9.49. The van der Waals surface area contributed by atoms with E-state index in [2.05, 4.69) is 0 Å². The van der Waals surface area contributed by atoms with Crippen molar-refractivity contribution in [3.63, 3.8) is 0 Å². The maximum atomic E-state index is 13.2. The topological polar surface area (TPSA) is 78.0 Å². The molecule has 2 aromatic rings. The van der Waals surface area contributed by atoms with E-state index < -0.39 is 10.0 Å². The normalized spacial score (nSPS) is 16.9. The lowest BCUT2D eigenvalue weighted by Gasteiger charge is -2.34. The van der Waals surface area contributed by atoms with Crippen LogP contribution in [0.3, 0.4) is 0 Å². The lowest BCUT2D eigenvalue weighted by atomic mass is 10.0. The number of rotatable bonds is 3. The molecule has 0 unspecified atom stereocenters. The molecule has 1 saturated heterocycles. The average molecular weight is 428 g/mol. The van der Waals surface area contributed by atoms with Crippen LogP contribution in [0.4, 0.5) is 5.69 Å². The maximum Gasteiger partial charge on any atom is 0.264 e. The van der Waals surface area contributed by atoms with Crippen molar-refractivity contribution in [2.45, 2.75) is 24.7 Å². The SMILES string of the molecule is CC(=O)N1CCN(C(=O)c2ccc(S(=O)(=O)N3CCCc4ccccc43)cc2)CC1. The Morgan fingerprint density at radius 2 is 1.47 bits per heavy atom. The van der Waals surface area contributed by atoms with Gasteiger partial charge in [-0.3, -0.25) is 13.9 Å². The summed E-state index contributed by atoms with van der Waals surface area (Å²) in [4.78, 5) is 27.8. The van der Waals surface area contributed by atoms with E-state index in [4.69, 9.17) is 0 Å². The Kier molecular flexibility index (Phi) is 5.51. The molecular weight excluding hydrogens is 402 g/mol. The number of para-hydroxylation sites is 1. The fourth-order valence-electron chi connectivity index (χ4n) is 4.05. The van der Waals surface area contributed by atoms with Crippen molar-refractivity contribution in [1.82, 2.24) is 9.80 Å². The van der Waals surface area contributed by atoms with Crippen molar-refractivity contribution in [2.24, 2.45) is 0 Å². The van der Waals surface area contributed by atoms with Crippen molar-refractivity contribution in [3.05, 3.63) is 59.7 Å². The summed E-state index contributed by atoms with van der Waals surface area (Å²) in [5.41, 5.74) is 2.21. The van der Waals surface area contributed by atoms with Crippen LogP contribution >= 0.6 is 0 Å². The van der Waals surface area contributed by atoms with E-state index >= 15 is 0 Å². The van der Waals surface area contributed by atoms with Crippen molar-refractivity contribution < 1.29 is 18.0 Å². The van der Waals surface area contributed by atoms with Crippen LogP contribution in [-0.2, 0) is 21.2 Å². The fourth-order valence-corrected chi connectivity index (χ4v) is 5.59. The molecule has 0 spiro atoms. The van der Waals surface area contributed by atoms with Crippen LogP contribution in [0.1, 0.15) is 29.3 Å². The van der Waals surface area contributed by atoms with Gasteiger partial charge in [-0.25, -0.2) is 8.42 Å². The van der Waals surface area contributed by atoms with Gasteiger partial charge in [-0.2, -0.15) is 0 Å². The molecule has 158 valence electrons. The summed E-state index contributed by atoms with van der Waals surface area (Å²) in [5.74, 6) is -0.138. The molecular formula is C22H25N3O4S. The van der Waals surface area contributed by atoms with Gasteiger partial charge in [-0.1, -0.05) is 18.2 Å². The third-order valence-corrected chi connectivity index (χ3v) is 7.60. The molecule has 0 atom stereocenters. The van der Waals surface area contributed by atoms with Gasteiger partial charge in [0.25, 0.3) is 15.9 Å². The first-order chi connectivity index (χ1) is 14.4. The summed E-state index contributed by atoms with van der Waals surface area (Å²) in [6.07, 6.45) is 1.64. The van der Waals surface area contributed by atoms with E-state index in [-0.39, 0.29) is 16.7 Å². The van der Waals surface area contributed by atoms with Crippen molar-refractivity contribution >= 4 is 27.5 Å². The lowest BCUT2D eigenvalue weighted by molar-refractivity contribution is -0.130. The van der Waals surface area contributed by atoms with Gasteiger partial charge in [0.05, 0.1) is 10.6 Å². The molecule has 4 rings (SSSR count). The summed E-state index contributed by atoms with van der Waals surface area (Å²) in [6.45, 7) is 3.95. The molecule has 8 heteroatoms. The van der Waals surface area contributed by atoms with Crippen LogP contribution in [0, 0.1) is 0 Å². The summed E-state index contributed by atoms with van der Waals surface area (Å²) in [7, 11) is -3.70. The van der Waals surface area contributed by atoms with Gasteiger partial charge < -0.3 is 9.80 Å². The van der Waals surface area contributed by atoms with Crippen LogP contribution in [0.5, 0.6) is 0 Å². The zero-order valence-corrected chi connectivity index (χ0v) is 17.8. The predicted octanol–water partition coefficient (Wildman–Crippen LogP) is 2.13. The maximum absolute atomic E-state index is 13.2. The summed E-state index contributed by atoms with van der Waals surface area (Å²) in [5, 5.41) is 0. The smallest absolute Gasteiger partial charge is 0.264 e. The number of carbonyl (C=O) groups is 2. The van der Waals surface area contributed by atoms with E-state index in [9.17, 15) is 18.0 Å². The van der Waals surface area contributed by atoms with Crippen molar-refractivity contribution in [2.75, 3.05) is 37.0 Å². The van der Waals surface area contributed by atoms with Crippen LogP contribution in [-0.4, -0.2) is 62.8 Å². The highest BCUT2D eigenvalue weighted by molar-refractivity contribution is 7.92. The number of amides is 2. The van der Waals surface area contributed by atoms with Crippen LogP contribution in [0.2, 0.25) is 0 Å². The molecule has 7 nitrogen and oxygen atoms in total. The number of fused-ring (bicyclic) bond motifs is 1. The van der Waals surface area contributed by atoms with E-state index in [1.807, 2.05) is 24.3 Å². The summed E-state index contributed by atoms with van der Waals surface area (Å²) >= 11 is 0. The van der Waals surface area contributed by atoms with E-state index in [1.165, 1.54) is 23.4 Å². The van der Waals surface area contributed by atoms with Gasteiger partial charge in [0, 0.05) is 45.2 Å². The molecule has 1 fully saturated rings. The number of benzene rings is 2.